The zero-order chi connectivity index (χ0) is 20.8. The van der Waals surface area contributed by atoms with Crippen molar-refractivity contribution in [1.82, 2.24) is 0 Å². The Hall–Kier alpha value is -3.48. The quantitative estimate of drug-likeness (QED) is 0.575. The van der Waals surface area contributed by atoms with Gasteiger partial charge in [0.2, 0.25) is 11.8 Å². The largest absolute Gasteiger partial charge is 0.454 e. The molecule has 2 aromatic rings. The molecule has 0 saturated carbocycles. The summed E-state index contributed by atoms with van der Waals surface area (Å²) in [5.41, 5.74) is 1.91. The van der Waals surface area contributed by atoms with Gasteiger partial charge in [-0.1, -0.05) is 13.0 Å². The smallest absolute Gasteiger partial charge is 0.338 e. The van der Waals surface area contributed by atoms with Gasteiger partial charge in [-0.15, -0.1) is 0 Å². The van der Waals surface area contributed by atoms with Crippen LogP contribution in [0.15, 0.2) is 48.5 Å². The van der Waals surface area contributed by atoms with Crippen LogP contribution in [0.3, 0.4) is 0 Å². The summed E-state index contributed by atoms with van der Waals surface area (Å²) in [6.45, 7) is 1.98. The first-order valence-corrected chi connectivity index (χ1v) is 9.48. The molecule has 7 heteroatoms. The highest BCUT2D eigenvalue weighted by molar-refractivity contribution is 6.01. The lowest BCUT2D eigenvalue weighted by atomic mass is 10.1. The van der Waals surface area contributed by atoms with E-state index < -0.39 is 12.6 Å². The van der Waals surface area contributed by atoms with E-state index in [1.54, 1.807) is 60.4 Å². The third-order valence-corrected chi connectivity index (χ3v) is 4.61. The van der Waals surface area contributed by atoms with Crippen molar-refractivity contribution in [2.45, 2.75) is 26.2 Å². The molecule has 1 heterocycles. The summed E-state index contributed by atoms with van der Waals surface area (Å²) in [7, 11) is 0. The highest BCUT2D eigenvalue weighted by Gasteiger charge is 2.22. The molecule has 1 saturated heterocycles. The van der Waals surface area contributed by atoms with E-state index in [0.29, 0.717) is 36.3 Å². The van der Waals surface area contributed by atoms with Crippen LogP contribution in [0, 0.1) is 0 Å². The Balaban J connectivity index is 1.58. The maximum Gasteiger partial charge on any atom is 0.338 e. The summed E-state index contributed by atoms with van der Waals surface area (Å²) in [5, 5.41) is 2.70. The SMILES string of the molecule is CCC(=O)Nc1ccc(C(=O)COC(=O)c2cccc(N3CCCC3=O)c2)cc1. The first-order chi connectivity index (χ1) is 14.0. The third kappa shape index (κ3) is 5.07. The third-order valence-electron chi connectivity index (χ3n) is 4.61. The molecule has 2 aromatic carbocycles. The van der Waals surface area contributed by atoms with Gasteiger partial charge in [-0.2, -0.15) is 0 Å². The van der Waals surface area contributed by atoms with Gasteiger partial charge in [0.1, 0.15) is 0 Å². The Morgan fingerprint density at radius 3 is 2.48 bits per heavy atom. The predicted molar refractivity (Wildman–Crippen MR) is 108 cm³/mol. The number of amides is 2. The van der Waals surface area contributed by atoms with E-state index in [-0.39, 0.29) is 23.2 Å². The summed E-state index contributed by atoms with van der Waals surface area (Å²) in [6.07, 6.45) is 1.66. The summed E-state index contributed by atoms with van der Waals surface area (Å²) >= 11 is 0. The van der Waals surface area contributed by atoms with Crippen LogP contribution in [0.25, 0.3) is 0 Å². The lowest BCUT2D eigenvalue weighted by Crippen LogP contribution is -2.24. The predicted octanol–water partition coefficient (Wildman–Crippen LogP) is 3.20. The molecular weight excluding hydrogens is 372 g/mol. The van der Waals surface area contributed by atoms with Crippen molar-refractivity contribution in [3.8, 4) is 0 Å². The average Bonchev–Trinajstić information content (AvgIpc) is 3.18. The van der Waals surface area contributed by atoms with Crippen molar-refractivity contribution in [2.24, 2.45) is 0 Å². The standard InChI is InChI=1S/C22H22N2O5/c1-2-20(26)23-17-10-8-15(9-11-17)19(25)14-29-22(28)16-5-3-6-18(13-16)24-12-4-7-21(24)27/h3,5-6,8-11,13H,2,4,7,12,14H2,1H3,(H,23,26). The van der Waals surface area contributed by atoms with E-state index in [1.165, 1.54) is 0 Å². The first kappa shape index (κ1) is 20.3. The molecule has 0 aromatic heterocycles. The van der Waals surface area contributed by atoms with Gasteiger partial charge in [0.05, 0.1) is 5.56 Å². The number of ketones is 1. The molecule has 150 valence electrons. The fourth-order valence-electron chi connectivity index (χ4n) is 3.01. The fourth-order valence-corrected chi connectivity index (χ4v) is 3.01. The van der Waals surface area contributed by atoms with Crippen molar-refractivity contribution < 1.29 is 23.9 Å². The van der Waals surface area contributed by atoms with Gasteiger partial charge in [-0.05, 0) is 48.9 Å². The summed E-state index contributed by atoms with van der Waals surface area (Å²) in [4.78, 5) is 49.5. The van der Waals surface area contributed by atoms with Crippen LogP contribution in [0.1, 0.15) is 46.9 Å². The van der Waals surface area contributed by atoms with Gasteiger partial charge >= 0.3 is 5.97 Å². The highest BCUT2D eigenvalue weighted by atomic mass is 16.5. The monoisotopic (exact) mass is 394 g/mol. The van der Waals surface area contributed by atoms with Gasteiger partial charge in [0, 0.05) is 36.3 Å². The second-order valence-corrected chi connectivity index (χ2v) is 6.68. The summed E-state index contributed by atoms with van der Waals surface area (Å²) in [6, 6.07) is 13.0. The summed E-state index contributed by atoms with van der Waals surface area (Å²) < 4.78 is 5.14. The molecule has 1 fully saturated rings. The maximum absolute atomic E-state index is 12.3. The van der Waals surface area contributed by atoms with E-state index in [4.69, 9.17) is 4.74 Å². The Morgan fingerprint density at radius 1 is 1.07 bits per heavy atom. The maximum atomic E-state index is 12.3. The first-order valence-electron chi connectivity index (χ1n) is 9.48. The molecule has 7 nitrogen and oxygen atoms in total. The molecule has 29 heavy (non-hydrogen) atoms. The van der Waals surface area contributed by atoms with Gasteiger partial charge in [-0.25, -0.2) is 4.79 Å². The molecule has 0 aliphatic carbocycles. The molecule has 0 unspecified atom stereocenters. The van der Waals surface area contributed by atoms with Crippen LogP contribution in [-0.2, 0) is 14.3 Å². The Morgan fingerprint density at radius 2 is 1.83 bits per heavy atom. The van der Waals surface area contributed by atoms with Crippen LogP contribution >= 0.6 is 0 Å². The Bertz CT molecular complexity index is 936. The number of rotatable bonds is 7. The zero-order valence-corrected chi connectivity index (χ0v) is 16.1. The molecule has 0 atom stereocenters. The van der Waals surface area contributed by atoms with E-state index in [9.17, 15) is 19.2 Å². The van der Waals surface area contributed by atoms with Crippen molar-refractivity contribution in [3.63, 3.8) is 0 Å². The van der Waals surface area contributed by atoms with Crippen molar-refractivity contribution in [2.75, 3.05) is 23.4 Å². The zero-order valence-electron chi connectivity index (χ0n) is 16.1. The molecule has 1 aliphatic heterocycles. The van der Waals surface area contributed by atoms with Gasteiger partial charge in [-0.3, -0.25) is 14.4 Å². The number of benzene rings is 2. The van der Waals surface area contributed by atoms with Crippen molar-refractivity contribution >= 4 is 34.9 Å². The van der Waals surface area contributed by atoms with E-state index in [2.05, 4.69) is 5.32 Å². The second-order valence-electron chi connectivity index (χ2n) is 6.68. The number of esters is 1. The van der Waals surface area contributed by atoms with Gasteiger partial charge < -0.3 is 15.0 Å². The van der Waals surface area contributed by atoms with Crippen LogP contribution < -0.4 is 10.2 Å². The number of anilines is 2. The normalized spacial score (nSPS) is 13.3. The number of ether oxygens (including phenoxy) is 1. The molecule has 1 N–H and O–H groups in total. The number of carbonyl (C=O) groups is 4. The van der Waals surface area contributed by atoms with Crippen LogP contribution in [-0.4, -0.2) is 36.7 Å². The van der Waals surface area contributed by atoms with Crippen molar-refractivity contribution in [1.29, 1.82) is 0 Å². The van der Waals surface area contributed by atoms with Gasteiger partial charge in [0.15, 0.2) is 12.4 Å². The van der Waals surface area contributed by atoms with Crippen LogP contribution in [0.5, 0.6) is 0 Å². The Kier molecular flexibility index (Phi) is 6.39. The second kappa shape index (κ2) is 9.14. The van der Waals surface area contributed by atoms with E-state index in [0.717, 1.165) is 6.42 Å². The Labute approximate surface area is 168 Å². The molecule has 0 bridgehead atoms. The number of hydrogen-bond acceptors (Lipinski definition) is 5. The molecular formula is C22H22N2O5. The average molecular weight is 394 g/mol. The van der Waals surface area contributed by atoms with Gasteiger partial charge in [0.25, 0.3) is 0 Å². The van der Waals surface area contributed by atoms with Crippen LogP contribution in [0.4, 0.5) is 11.4 Å². The molecule has 2 amide bonds. The van der Waals surface area contributed by atoms with Crippen LogP contribution in [0.2, 0.25) is 0 Å². The molecule has 0 spiro atoms. The molecule has 0 radical (unpaired) electrons. The minimum Gasteiger partial charge on any atom is -0.454 e. The minimum absolute atomic E-state index is 0.0317. The number of nitrogens with one attached hydrogen (secondary N) is 1. The fraction of sp³-hybridized carbons (Fsp3) is 0.273. The lowest BCUT2D eigenvalue weighted by molar-refractivity contribution is -0.117. The van der Waals surface area contributed by atoms with E-state index in [1.807, 2.05) is 0 Å². The topological polar surface area (TPSA) is 92.8 Å². The highest BCUT2D eigenvalue weighted by Crippen LogP contribution is 2.22. The number of nitrogens with zero attached hydrogens (tertiary/aromatic N) is 1. The number of Topliss-reactive ketones (excluding diaryl/α,β-unsaturated/α-hetero) is 1. The number of hydrogen-bond donors (Lipinski definition) is 1. The lowest BCUT2D eigenvalue weighted by Gasteiger charge is -2.16. The van der Waals surface area contributed by atoms with Crippen molar-refractivity contribution in [3.05, 3.63) is 59.7 Å². The number of carbonyl (C=O) groups excluding carboxylic acids is 4. The minimum atomic E-state index is -0.626. The molecule has 1 aliphatic rings. The molecule has 3 rings (SSSR count). The summed E-state index contributed by atoms with van der Waals surface area (Å²) in [5.74, 6) is -1.06. The van der Waals surface area contributed by atoms with E-state index >= 15 is 0 Å².